The van der Waals surface area contributed by atoms with Gasteiger partial charge in [0.1, 0.15) is 0 Å². The van der Waals surface area contributed by atoms with Crippen LogP contribution in [0.2, 0.25) is 0 Å². The second-order valence-electron chi connectivity index (χ2n) is 15.3. The molecule has 5 rings (SSSR count). The molecule has 4 fully saturated rings. The van der Waals surface area contributed by atoms with Gasteiger partial charge in [-0.3, -0.25) is 0 Å². The minimum Gasteiger partial charge on any atom is -0.390 e. The minimum atomic E-state index is -0.596. The van der Waals surface area contributed by atoms with E-state index < -0.39 is 12.2 Å². The summed E-state index contributed by atoms with van der Waals surface area (Å²) >= 11 is 0. The van der Waals surface area contributed by atoms with Gasteiger partial charge in [0, 0.05) is 0 Å². The summed E-state index contributed by atoms with van der Waals surface area (Å²) in [5.74, 6) is 1.12. The van der Waals surface area contributed by atoms with Crippen LogP contribution in [0.4, 0.5) is 0 Å². The largest absolute Gasteiger partial charge is 0.390 e. The molecular weight excluding hydrogens is 392 g/mol. The third-order valence-electron chi connectivity index (χ3n) is 12.9. The first-order chi connectivity index (χ1) is 14.6. The van der Waals surface area contributed by atoms with Gasteiger partial charge in [0.15, 0.2) is 0 Å². The Bertz CT molecular complexity index is 838. The molecule has 0 radical (unpaired) electrons. The lowest BCUT2D eigenvalue weighted by molar-refractivity contribution is -0.233. The summed E-state index contributed by atoms with van der Waals surface area (Å²) in [5.41, 5.74) is 5.06. The van der Waals surface area contributed by atoms with E-state index in [0.717, 1.165) is 6.42 Å². The fourth-order valence-corrected chi connectivity index (χ4v) is 10.6. The molecule has 182 valence electrons. The summed E-state index contributed by atoms with van der Waals surface area (Å²) in [5, 5.41) is 21.9. The number of hydrogen-bond donors (Lipinski definition) is 2. The molecule has 0 spiro atoms. The maximum Gasteiger partial charge on any atom is 0.0852 e. The van der Waals surface area contributed by atoms with E-state index in [1.165, 1.54) is 57.8 Å². The molecule has 0 aromatic rings. The first kappa shape index (κ1) is 23.4. The highest BCUT2D eigenvalue weighted by atomic mass is 16.3. The monoisotopic (exact) mass is 442 g/mol. The second kappa shape index (κ2) is 6.66. The van der Waals surface area contributed by atoms with E-state index in [4.69, 9.17) is 0 Å². The molecule has 5 aliphatic rings. The average molecular weight is 443 g/mol. The van der Waals surface area contributed by atoms with Crippen LogP contribution in [0.1, 0.15) is 120 Å². The van der Waals surface area contributed by atoms with Gasteiger partial charge >= 0.3 is 0 Å². The van der Waals surface area contributed by atoms with Crippen molar-refractivity contribution in [1.29, 1.82) is 0 Å². The highest BCUT2D eigenvalue weighted by molar-refractivity contribution is 5.38. The van der Waals surface area contributed by atoms with Gasteiger partial charge in [-0.25, -0.2) is 0 Å². The quantitative estimate of drug-likeness (QED) is 0.387. The van der Waals surface area contributed by atoms with Gasteiger partial charge in [-0.15, -0.1) is 0 Å². The van der Waals surface area contributed by atoms with Gasteiger partial charge < -0.3 is 10.2 Å². The van der Waals surface area contributed by atoms with Crippen molar-refractivity contribution >= 4 is 0 Å². The molecule has 0 aliphatic heterocycles. The maximum atomic E-state index is 11.0. The molecule has 0 aromatic heterocycles. The lowest BCUT2D eigenvalue weighted by Crippen LogP contribution is -2.66. The summed E-state index contributed by atoms with van der Waals surface area (Å²) < 4.78 is 0. The van der Waals surface area contributed by atoms with E-state index in [1.54, 1.807) is 0 Å². The molecule has 2 N–H and O–H groups in total. The van der Waals surface area contributed by atoms with Crippen molar-refractivity contribution in [3.05, 3.63) is 11.1 Å². The van der Waals surface area contributed by atoms with Crippen molar-refractivity contribution in [2.45, 2.75) is 132 Å². The van der Waals surface area contributed by atoms with Gasteiger partial charge in [0.05, 0.1) is 12.2 Å². The highest BCUT2D eigenvalue weighted by Gasteiger charge is 2.68. The molecule has 0 heterocycles. The molecule has 0 saturated heterocycles. The summed E-state index contributed by atoms with van der Waals surface area (Å²) in [6.45, 7) is 19.8. The first-order valence-electron chi connectivity index (χ1n) is 13.7. The Labute approximate surface area is 197 Å². The van der Waals surface area contributed by atoms with Gasteiger partial charge in [-0.05, 0) is 109 Å². The minimum absolute atomic E-state index is 0.112. The Morgan fingerprint density at radius 2 is 1.38 bits per heavy atom. The van der Waals surface area contributed by atoms with Crippen LogP contribution in [-0.2, 0) is 0 Å². The van der Waals surface area contributed by atoms with Gasteiger partial charge in [0.2, 0.25) is 0 Å². The van der Waals surface area contributed by atoms with Crippen LogP contribution in [-0.4, -0.2) is 22.4 Å². The molecule has 0 aromatic carbocycles. The Morgan fingerprint density at radius 3 is 2.06 bits per heavy atom. The first-order valence-corrected chi connectivity index (χ1v) is 13.7. The zero-order chi connectivity index (χ0) is 23.5. The summed E-state index contributed by atoms with van der Waals surface area (Å²) in [7, 11) is 0. The van der Waals surface area contributed by atoms with Crippen LogP contribution >= 0.6 is 0 Å². The van der Waals surface area contributed by atoms with Gasteiger partial charge in [-0.2, -0.15) is 0 Å². The van der Waals surface area contributed by atoms with E-state index in [1.807, 2.05) is 11.1 Å². The Kier molecular flexibility index (Phi) is 4.87. The fourth-order valence-electron chi connectivity index (χ4n) is 10.6. The number of allylic oxidation sites excluding steroid dienone is 2. The Hall–Kier alpha value is -0.340. The van der Waals surface area contributed by atoms with Crippen LogP contribution in [0.3, 0.4) is 0 Å². The van der Waals surface area contributed by atoms with E-state index in [2.05, 4.69) is 55.4 Å². The Morgan fingerprint density at radius 1 is 0.719 bits per heavy atom. The summed E-state index contributed by atoms with van der Waals surface area (Å²) in [6.07, 6.45) is 11.3. The molecular formula is C30H50O2. The number of aliphatic hydroxyl groups excluding tert-OH is 2. The summed E-state index contributed by atoms with van der Waals surface area (Å²) in [4.78, 5) is 0. The predicted octanol–water partition coefficient (Wildman–Crippen LogP) is 7.28. The van der Waals surface area contributed by atoms with Crippen molar-refractivity contribution in [2.24, 2.45) is 44.3 Å². The van der Waals surface area contributed by atoms with Crippen molar-refractivity contribution < 1.29 is 10.2 Å². The molecule has 8 atom stereocenters. The summed E-state index contributed by atoms with van der Waals surface area (Å²) in [6, 6.07) is 0. The third kappa shape index (κ3) is 2.78. The van der Waals surface area contributed by atoms with Crippen LogP contribution in [0.15, 0.2) is 11.1 Å². The normalized spacial score (nSPS) is 54.2. The van der Waals surface area contributed by atoms with E-state index in [-0.39, 0.29) is 16.2 Å². The van der Waals surface area contributed by atoms with Crippen molar-refractivity contribution in [3.63, 3.8) is 0 Å². The SMILES string of the molecule is CC1(C)CC[C@]2(C)CC[C@]3(C)C(=C2C1)CC[C@@H]1[C@@]2(C)C[C@H](O)[C@H](O)C(C)(C)[C@@H]2CC[C@]13C. The molecule has 2 heteroatoms. The van der Waals surface area contributed by atoms with Crippen LogP contribution in [0, 0.1) is 44.3 Å². The zero-order valence-electron chi connectivity index (χ0n) is 22.3. The lowest BCUT2D eigenvalue weighted by Gasteiger charge is -2.71. The molecule has 0 unspecified atom stereocenters. The van der Waals surface area contributed by atoms with Crippen molar-refractivity contribution in [1.82, 2.24) is 0 Å². The predicted molar refractivity (Wildman–Crippen MR) is 132 cm³/mol. The molecule has 0 amide bonds. The highest BCUT2D eigenvalue weighted by Crippen LogP contribution is 2.75. The van der Waals surface area contributed by atoms with E-state index in [0.29, 0.717) is 28.1 Å². The van der Waals surface area contributed by atoms with E-state index >= 15 is 0 Å². The van der Waals surface area contributed by atoms with Crippen LogP contribution < -0.4 is 0 Å². The standard InChI is InChI=1S/C30H50O2/c1-25(2)13-14-27(5)15-16-29(7)19(20(27)17-25)9-10-23-28(6)18-21(31)24(32)26(3,4)22(28)11-12-30(23,29)8/h21-24,31-32H,9-18H2,1-8H3/t21-,22-,23+,24-,27+,28-,29+,30+/m0/s1. The second-order valence-corrected chi connectivity index (χ2v) is 15.3. The van der Waals surface area contributed by atoms with Crippen LogP contribution in [0.5, 0.6) is 0 Å². The van der Waals surface area contributed by atoms with Gasteiger partial charge in [-0.1, -0.05) is 66.5 Å². The zero-order valence-corrected chi connectivity index (χ0v) is 22.3. The van der Waals surface area contributed by atoms with Gasteiger partial charge in [0.25, 0.3) is 0 Å². The lowest BCUT2D eigenvalue weighted by atomic mass is 9.34. The molecule has 5 aliphatic carbocycles. The van der Waals surface area contributed by atoms with E-state index in [9.17, 15) is 10.2 Å². The number of rotatable bonds is 0. The number of fused-ring (bicyclic) bond motifs is 6. The third-order valence-corrected chi connectivity index (χ3v) is 12.9. The molecule has 2 nitrogen and oxygen atoms in total. The molecule has 4 saturated carbocycles. The number of aliphatic hydroxyl groups is 2. The topological polar surface area (TPSA) is 40.5 Å². The smallest absolute Gasteiger partial charge is 0.0852 e. The van der Waals surface area contributed by atoms with Crippen molar-refractivity contribution in [3.8, 4) is 0 Å². The maximum absolute atomic E-state index is 11.0. The fraction of sp³-hybridized carbons (Fsp3) is 0.933. The average Bonchev–Trinajstić information content (AvgIpc) is 2.68. The van der Waals surface area contributed by atoms with Crippen LogP contribution in [0.25, 0.3) is 0 Å². The number of hydrogen-bond acceptors (Lipinski definition) is 2. The Balaban J connectivity index is 1.60. The molecule has 32 heavy (non-hydrogen) atoms. The van der Waals surface area contributed by atoms with Crippen molar-refractivity contribution in [2.75, 3.05) is 0 Å². The molecule has 0 bridgehead atoms.